The first kappa shape index (κ1) is 13.3. The summed E-state index contributed by atoms with van der Waals surface area (Å²) in [5.74, 6) is 0.561. The maximum atomic E-state index is 6.24. The van der Waals surface area contributed by atoms with Crippen molar-refractivity contribution in [1.29, 1.82) is 0 Å². The molecule has 2 heterocycles. The van der Waals surface area contributed by atoms with Gasteiger partial charge in [0.15, 0.2) is 10.6 Å². The summed E-state index contributed by atoms with van der Waals surface area (Å²) >= 11 is 17.8. The Morgan fingerprint density at radius 1 is 1.05 bits per heavy atom. The Bertz CT molecular complexity index is 790. The molecular weight excluding hydrogens is 315 g/mol. The predicted molar refractivity (Wildman–Crippen MR) is 82.0 cm³/mol. The molecule has 1 aromatic carbocycles. The minimum absolute atomic E-state index is 0.403. The Hall–Kier alpha value is -1.69. The number of nitrogens with zero attached hydrogens (tertiary/aromatic N) is 3. The molecule has 0 bridgehead atoms. The Labute approximate surface area is 130 Å². The van der Waals surface area contributed by atoms with E-state index in [0.29, 0.717) is 32.0 Å². The molecule has 7 heteroatoms. The van der Waals surface area contributed by atoms with E-state index < -0.39 is 0 Å². The van der Waals surface area contributed by atoms with Gasteiger partial charge in [-0.1, -0.05) is 35.3 Å². The quantitative estimate of drug-likeness (QED) is 0.715. The molecule has 2 aromatic heterocycles. The number of nitrogens with one attached hydrogen (secondary N) is 1. The van der Waals surface area contributed by atoms with Crippen LogP contribution in [0.1, 0.15) is 0 Å². The van der Waals surface area contributed by atoms with Crippen LogP contribution in [-0.4, -0.2) is 19.7 Å². The third-order valence-corrected chi connectivity index (χ3v) is 3.61. The minimum atomic E-state index is 0.403. The summed E-state index contributed by atoms with van der Waals surface area (Å²) in [5, 5.41) is 7.94. The first-order valence-corrected chi connectivity index (χ1v) is 6.88. The molecule has 100 valence electrons. The van der Waals surface area contributed by atoms with Crippen LogP contribution >= 0.6 is 35.4 Å². The van der Waals surface area contributed by atoms with Crippen LogP contribution in [-0.2, 0) is 0 Å². The second kappa shape index (κ2) is 5.36. The summed E-state index contributed by atoms with van der Waals surface area (Å²) in [6.07, 6.45) is 1.69. The number of aromatic nitrogens is 4. The Balaban J connectivity index is 2.31. The predicted octanol–water partition coefficient (Wildman–Crippen LogP) is 4.30. The third-order valence-electron chi connectivity index (χ3n) is 2.73. The van der Waals surface area contributed by atoms with Gasteiger partial charge in [-0.2, -0.15) is 5.10 Å². The van der Waals surface area contributed by atoms with Crippen molar-refractivity contribution in [2.75, 3.05) is 0 Å². The highest BCUT2D eigenvalue weighted by atomic mass is 35.5. The van der Waals surface area contributed by atoms with E-state index in [0.717, 1.165) is 0 Å². The van der Waals surface area contributed by atoms with E-state index in [2.05, 4.69) is 15.2 Å². The summed E-state index contributed by atoms with van der Waals surface area (Å²) in [4.78, 5) is 4.27. The van der Waals surface area contributed by atoms with Gasteiger partial charge in [0.05, 0.1) is 15.7 Å². The number of benzene rings is 1. The molecule has 0 fully saturated rings. The molecule has 0 aliphatic heterocycles. The van der Waals surface area contributed by atoms with Gasteiger partial charge in [0, 0.05) is 6.20 Å². The zero-order valence-electron chi connectivity index (χ0n) is 10.0. The first-order chi connectivity index (χ1) is 9.68. The van der Waals surface area contributed by atoms with Crippen LogP contribution in [0.5, 0.6) is 0 Å². The van der Waals surface area contributed by atoms with Gasteiger partial charge in [-0.25, -0.2) is 0 Å². The van der Waals surface area contributed by atoms with Crippen molar-refractivity contribution >= 4 is 35.4 Å². The van der Waals surface area contributed by atoms with Crippen molar-refractivity contribution in [3.05, 3.63) is 57.4 Å². The lowest BCUT2D eigenvalue weighted by atomic mass is 10.3. The zero-order valence-corrected chi connectivity index (χ0v) is 12.4. The molecule has 0 radical (unpaired) electrons. The molecule has 3 rings (SSSR count). The molecule has 0 atom stereocenters. The van der Waals surface area contributed by atoms with Crippen LogP contribution in [0.2, 0.25) is 10.0 Å². The molecule has 0 saturated heterocycles. The van der Waals surface area contributed by atoms with E-state index >= 15 is 0 Å². The molecule has 0 unspecified atom stereocenters. The monoisotopic (exact) mass is 322 g/mol. The summed E-state index contributed by atoms with van der Waals surface area (Å²) in [6, 6.07) is 10.8. The van der Waals surface area contributed by atoms with E-state index in [9.17, 15) is 0 Å². The number of hydrogen-bond donors (Lipinski definition) is 1. The van der Waals surface area contributed by atoms with Crippen LogP contribution in [0.3, 0.4) is 0 Å². The fourth-order valence-corrected chi connectivity index (χ4v) is 2.66. The average Bonchev–Trinajstić information content (AvgIpc) is 2.82. The summed E-state index contributed by atoms with van der Waals surface area (Å²) in [6.45, 7) is 0. The van der Waals surface area contributed by atoms with Gasteiger partial charge in [-0.3, -0.25) is 14.6 Å². The lowest BCUT2D eigenvalue weighted by Crippen LogP contribution is -2.00. The molecule has 0 saturated carbocycles. The second-order valence-corrected chi connectivity index (χ2v) is 5.17. The fraction of sp³-hybridized carbons (Fsp3) is 0. The van der Waals surface area contributed by atoms with Gasteiger partial charge >= 0.3 is 0 Å². The number of para-hydroxylation sites is 1. The summed E-state index contributed by atoms with van der Waals surface area (Å²) < 4.78 is 2.09. The van der Waals surface area contributed by atoms with E-state index in [1.807, 2.05) is 18.2 Å². The zero-order chi connectivity index (χ0) is 14.1. The Morgan fingerprint density at radius 2 is 1.80 bits per heavy atom. The van der Waals surface area contributed by atoms with Crippen LogP contribution in [0.4, 0.5) is 0 Å². The number of halogens is 2. The van der Waals surface area contributed by atoms with Gasteiger partial charge in [0.1, 0.15) is 5.69 Å². The van der Waals surface area contributed by atoms with Crippen molar-refractivity contribution < 1.29 is 0 Å². The molecule has 0 aliphatic carbocycles. The summed E-state index contributed by atoms with van der Waals surface area (Å²) in [5.41, 5.74) is 1.27. The normalized spacial score (nSPS) is 10.7. The number of hydrogen-bond acceptors (Lipinski definition) is 3. The van der Waals surface area contributed by atoms with Crippen molar-refractivity contribution in [3.63, 3.8) is 0 Å². The SMILES string of the molecule is S=c1[nH]nc(-c2ccccn2)n1-c1c(Cl)cccc1Cl. The van der Waals surface area contributed by atoms with E-state index in [-0.39, 0.29) is 0 Å². The topological polar surface area (TPSA) is 46.5 Å². The van der Waals surface area contributed by atoms with Crippen LogP contribution in [0.15, 0.2) is 42.6 Å². The number of pyridine rings is 1. The van der Waals surface area contributed by atoms with Crippen molar-refractivity contribution in [2.45, 2.75) is 0 Å². The fourth-order valence-electron chi connectivity index (χ4n) is 1.87. The number of rotatable bonds is 2. The standard InChI is InChI=1S/C13H8Cl2N4S/c14-8-4-3-5-9(15)11(8)19-12(17-18-13(19)20)10-6-1-2-7-16-10/h1-7H,(H,18,20). The number of aromatic amines is 1. The molecule has 3 aromatic rings. The largest absolute Gasteiger partial charge is 0.264 e. The third kappa shape index (κ3) is 2.24. The van der Waals surface area contributed by atoms with Gasteiger partial charge in [-0.05, 0) is 36.5 Å². The minimum Gasteiger partial charge on any atom is -0.264 e. The van der Waals surface area contributed by atoms with Crippen molar-refractivity contribution in [3.8, 4) is 17.2 Å². The highest BCUT2D eigenvalue weighted by Crippen LogP contribution is 2.31. The summed E-state index contributed by atoms with van der Waals surface area (Å²) in [7, 11) is 0. The average molecular weight is 323 g/mol. The molecule has 0 aliphatic rings. The number of H-pyrrole nitrogens is 1. The van der Waals surface area contributed by atoms with E-state index in [4.69, 9.17) is 35.4 Å². The molecule has 20 heavy (non-hydrogen) atoms. The molecule has 1 N–H and O–H groups in total. The Morgan fingerprint density at radius 3 is 2.45 bits per heavy atom. The van der Waals surface area contributed by atoms with Gasteiger partial charge in [0.2, 0.25) is 0 Å². The van der Waals surface area contributed by atoms with Crippen molar-refractivity contribution in [1.82, 2.24) is 19.7 Å². The molecule has 0 amide bonds. The molecule has 0 spiro atoms. The first-order valence-electron chi connectivity index (χ1n) is 5.71. The van der Waals surface area contributed by atoms with Crippen LogP contribution in [0, 0.1) is 4.77 Å². The van der Waals surface area contributed by atoms with Gasteiger partial charge in [0.25, 0.3) is 0 Å². The second-order valence-electron chi connectivity index (χ2n) is 3.97. The van der Waals surface area contributed by atoms with Gasteiger partial charge < -0.3 is 0 Å². The van der Waals surface area contributed by atoms with Crippen LogP contribution in [0.25, 0.3) is 17.2 Å². The lowest BCUT2D eigenvalue weighted by Gasteiger charge is -2.10. The van der Waals surface area contributed by atoms with E-state index in [1.165, 1.54) is 0 Å². The smallest absolute Gasteiger partial charge is 0.200 e. The highest BCUT2D eigenvalue weighted by molar-refractivity contribution is 7.71. The maximum Gasteiger partial charge on any atom is 0.200 e. The lowest BCUT2D eigenvalue weighted by molar-refractivity contribution is 1.03. The Kier molecular flexibility index (Phi) is 3.56. The maximum absolute atomic E-state index is 6.24. The van der Waals surface area contributed by atoms with Crippen molar-refractivity contribution in [2.24, 2.45) is 0 Å². The van der Waals surface area contributed by atoms with Gasteiger partial charge in [-0.15, -0.1) is 0 Å². The highest BCUT2D eigenvalue weighted by Gasteiger charge is 2.16. The molecule has 4 nitrogen and oxygen atoms in total. The van der Waals surface area contributed by atoms with Crippen LogP contribution < -0.4 is 0 Å². The van der Waals surface area contributed by atoms with E-state index in [1.54, 1.807) is 29.0 Å². The molecular formula is C13H8Cl2N4S.